The summed E-state index contributed by atoms with van der Waals surface area (Å²) in [5.74, 6) is -0.173. The zero-order valence-corrected chi connectivity index (χ0v) is 11.0. The number of rotatable bonds is 4. The zero-order valence-electron chi connectivity index (χ0n) is 10.2. The third-order valence-electron chi connectivity index (χ3n) is 2.91. The molecule has 3 rings (SSSR count). The fourth-order valence-corrected chi connectivity index (χ4v) is 2.76. The molecule has 0 fully saturated rings. The lowest BCUT2D eigenvalue weighted by Crippen LogP contribution is -2.21. The standard InChI is InChI=1S/C15H13FN2S/c16-14-8-11-6-7-19-15(11)9-12(14)10-17-18-13-4-2-1-3-5-13/h1-9,17-18H,10H2. The van der Waals surface area contributed by atoms with Gasteiger partial charge >= 0.3 is 0 Å². The fourth-order valence-electron chi connectivity index (χ4n) is 1.92. The highest BCUT2D eigenvalue weighted by Crippen LogP contribution is 2.24. The summed E-state index contributed by atoms with van der Waals surface area (Å²) in [6.07, 6.45) is 0. The largest absolute Gasteiger partial charge is 0.321 e. The van der Waals surface area contributed by atoms with Crippen molar-refractivity contribution in [2.75, 3.05) is 5.43 Å². The van der Waals surface area contributed by atoms with Crippen LogP contribution in [0.25, 0.3) is 10.1 Å². The van der Waals surface area contributed by atoms with Crippen LogP contribution in [0.5, 0.6) is 0 Å². The van der Waals surface area contributed by atoms with Gasteiger partial charge in [0.1, 0.15) is 5.82 Å². The molecule has 3 aromatic rings. The summed E-state index contributed by atoms with van der Waals surface area (Å²) in [5.41, 5.74) is 7.70. The first-order chi connectivity index (χ1) is 9.33. The van der Waals surface area contributed by atoms with Crippen LogP contribution < -0.4 is 10.9 Å². The number of hydrogen-bond donors (Lipinski definition) is 2. The van der Waals surface area contributed by atoms with Gasteiger partial charge in [0, 0.05) is 22.5 Å². The molecule has 4 heteroatoms. The van der Waals surface area contributed by atoms with Gasteiger partial charge in [-0.2, -0.15) is 0 Å². The Hall–Kier alpha value is -1.91. The van der Waals surface area contributed by atoms with Crippen LogP contribution in [0.3, 0.4) is 0 Å². The molecule has 2 N–H and O–H groups in total. The highest BCUT2D eigenvalue weighted by Gasteiger charge is 2.05. The van der Waals surface area contributed by atoms with Crippen molar-refractivity contribution in [1.82, 2.24) is 5.43 Å². The van der Waals surface area contributed by atoms with E-state index in [1.807, 2.05) is 47.8 Å². The van der Waals surface area contributed by atoms with E-state index in [-0.39, 0.29) is 5.82 Å². The number of benzene rings is 2. The van der Waals surface area contributed by atoms with Gasteiger partial charge in [-0.1, -0.05) is 18.2 Å². The SMILES string of the molecule is Fc1cc2ccsc2cc1CNNc1ccccc1. The minimum atomic E-state index is -0.173. The van der Waals surface area contributed by atoms with E-state index in [2.05, 4.69) is 10.9 Å². The van der Waals surface area contributed by atoms with Gasteiger partial charge in [0.05, 0.1) is 0 Å². The number of para-hydroxylation sites is 1. The van der Waals surface area contributed by atoms with Crippen molar-refractivity contribution in [2.45, 2.75) is 6.54 Å². The van der Waals surface area contributed by atoms with Gasteiger partial charge in [-0.3, -0.25) is 0 Å². The summed E-state index contributed by atoms with van der Waals surface area (Å²) in [6.45, 7) is 0.439. The maximum atomic E-state index is 13.9. The Kier molecular flexibility index (Phi) is 3.44. The molecular formula is C15H13FN2S. The fraction of sp³-hybridized carbons (Fsp3) is 0.0667. The second-order valence-electron chi connectivity index (χ2n) is 4.25. The number of hydrogen-bond acceptors (Lipinski definition) is 3. The summed E-state index contributed by atoms with van der Waals surface area (Å²) >= 11 is 1.63. The summed E-state index contributed by atoms with van der Waals surface area (Å²) < 4.78 is 15.0. The number of halogens is 1. The zero-order chi connectivity index (χ0) is 13.1. The Bertz CT molecular complexity index is 679. The molecule has 0 bridgehead atoms. The predicted octanol–water partition coefficient (Wildman–Crippen LogP) is 4.16. The molecule has 0 amide bonds. The van der Waals surface area contributed by atoms with Crippen LogP contribution in [0.2, 0.25) is 0 Å². The van der Waals surface area contributed by atoms with Crippen molar-refractivity contribution in [3.63, 3.8) is 0 Å². The average molecular weight is 272 g/mol. The van der Waals surface area contributed by atoms with Crippen LogP contribution >= 0.6 is 11.3 Å². The van der Waals surface area contributed by atoms with Crippen molar-refractivity contribution >= 4 is 27.1 Å². The first-order valence-corrected chi connectivity index (χ1v) is 6.90. The first kappa shape index (κ1) is 12.1. The quantitative estimate of drug-likeness (QED) is 0.697. The van der Waals surface area contributed by atoms with Crippen LogP contribution in [0.4, 0.5) is 10.1 Å². The third kappa shape index (κ3) is 2.75. The molecule has 2 aromatic carbocycles. The number of hydrazine groups is 1. The Morgan fingerprint density at radius 1 is 1.05 bits per heavy atom. The summed E-state index contributed by atoms with van der Waals surface area (Å²) in [6, 6.07) is 15.2. The van der Waals surface area contributed by atoms with E-state index < -0.39 is 0 Å². The van der Waals surface area contributed by atoms with Gasteiger partial charge in [-0.15, -0.1) is 11.3 Å². The molecule has 1 heterocycles. The molecule has 0 aliphatic carbocycles. The van der Waals surface area contributed by atoms with Crippen LogP contribution in [-0.4, -0.2) is 0 Å². The third-order valence-corrected chi connectivity index (χ3v) is 3.79. The van der Waals surface area contributed by atoms with Crippen LogP contribution in [0.1, 0.15) is 5.56 Å². The molecule has 0 saturated heterocycles. The molecule has 0 atom stereocenters. The van der Waals surface area contributed by atoms with Gasteiger partial charge in [-0.05, 0) is 41.1 Å². The lowest BCUT2D eigenvalue weighted by molar-refractivity contribution is 0.602. The van der Waals surface area contributed by atoms with Crippen molar-refractivity contribution < 1.29 is 4.39 Å². The van der Waals surface area contributed by atoms with Gasteiger partial charge in [0.25, 0.3) is 0 Å². The van der Waals surface area contributed by atoms with Gasteiger partial charge in [-0.25, -0.2) is 9.82 Å². The Morgan fingerprint density at radius 3 is 2.74 bits per heavy atom. The highest BCUT2D eigenvalue weighted by molar-refractivity contribution is 7.17. The maximum Gasteiger partial charge on any atom is 0.128 e. The lowest BCUT2D eigenvalue weighted by atomic mass is 10.1. The van der Waals surface area contributed by atoms with E-state index in [0.717, 1.165) is 15.8 Å². The van der Waals surface area contributed by atoms with E-state index in [1.165, 1.54) is 0 Å². The molecule has 0 radical (unpaired) electrons. The molecule has 0 saturated carbocycles. The van der Waals surface area contributed by atoms with Crippen LogP contribution in [0.15, 0.2) is 53.9 Å². The number of nitrogens with one attached hydrogen (secondary N) is 2. The van der Waals surface area contributed by atoms with Gasteiger partial charge in [0.2, 0.25) is 0 Å². The van der Waals surface area contributed by atoms with E-state index in [4.69, 9.17) is 0 Å². The monoisotopic (exact) mass is 272 g/mol. The summed E-state index contributed by atoms with van der Waals surface area (Å²) in [7, 11) is 0. The highest BCUT2D eigenvalue weighted by atomic mass is 32.1. The van der Waals surface area contributed by atoms with E-state index >= 15 is 0 Å². The first-order valence-electron chi connectivity index (χ1n) is 6.02. The number of fused-ring (bicyclic) bond motifs is 1. The van der Waals surface area contributed by atoms with Crippen molar-refractivity contribution in [2.24, 2.45) is 0 Å². The Balaban J connectivity index is 1.69. The smallest absolute Gasteiger partial charge is 0.128 e. The van der Waals surface area contributed by atoms with Crippen LogP contribution in [-0.2, 0) is 6.54 Å². The van der Waals surface area contributed by atoms with E-state index in [0.29, 0.717) is 12.1 Å². The van der Waals surface area contributed by atoms with Gasteiger partial charge < -0.3 is 5.43 Å². The lowest BCUT2D eigenvalue weighted by Gasteiger charge is -2.09. The number of thiophene rings is 1. The van der Waals surface area contributed by atoms with E-state index in [9.17, 15) is 4.39 Å². The molecule has 0 unspecified atom stereocenters. The molecule has 0 aliphatic heterocycles. The minimum Gasteiger partial charge on any atom is -0.321 e. The molecule has 96 valence electrons. The second kappa shape index (κ2) is 5.38. The molecule has 0 spiro atoms. The number of anilines is 1. The van der Waals surface area contributed by atoms with E-state index in [1.54, 1.807) is 17.4 Å². The molecule has 1 aromatic heterocycles. The van der Waals surface area contributed by atoms with Crippen molar-refractivity contribution in [3.8, 4) is 0 Å². The van der Waals surface area contributed by atoms with Gasteiger partial charge in [0.15, 0.2) is 0 Å². The van der Waals surface area contributed by atoms with Crippen molar-refractivity contribution in [3.05, 3.63) is 65.3 Å². The summed E-state index contributed by atoms with van der Waals surface area (Å²) in [5, 5.41) is 2.94. The maximum absolute atomic E-state index is 13.9. The van der Waals surface area contributed by atoms with Crippen LogP contribution in [0, 0.1) is 5.82 Å². The Morgan fingerprint density at radius 2 is 1.89 bits per heavy atom. The predicted molar refractivity (Wildman–Crippen MR) is 78.7 cm³/mol. The molecular weight excluding hydrogens is 259 g/mol. The summed E-state index contributed by atoms with van der Waals surface area (Å²) in [4.78, 5) is 0. The normalized spacial score (nSPS) is 10.8. The molecule has 19 heavy (non-hydrogen) atoms. The topological polar surface area (TPSA) is 24.1 Å². The Labute approximate surface area is 114 Å². The minimum absolute atomic E-state index is 0.173. The molecule has 2 nitrogen and oxygen atoms in total. The average Bonchev–Trinajstić information content (AvgIpc) is 2.87. The van der Waals surface area contributed by atoms with Crippen molar-refractivity contribution in [1.29, 1.82) is 0 Å². The molecule has 0 aliphatic rings. The second-order valence-corrected chi connectivity index (χ2v) is 5.19.